The van der Waals surface area contributed by atoms with E-state index in [1.807, 2.05) is 37.3 Å². The maximum absolute atomic E-state index is 10.2. The van der Waals surface area contributed by atoms with Gasteiger partial charge in [0, 0.05) is 0 Å². The highest BCUT2D eigenvalue weighted by atomic mass is 16.4. The SMILES string of the molecule is C[C@H](N=CC(=O)O)c1ccccc1. The summed E-state index contributed by atoms with van der Waals surface area (Å²) in [5.41, 5.74) is 1.01. The topological polar surface area (TPSA) is 49.7 Å². The second kappa shape index (κ2) is 4.40. The van der Waals surface area contributed by atoms with Crippen LogP contribution in [0, 0.1) is 0 Å². The van der Waals surface area contributed by atoms with E-state index in [0.29, 0.717) is 0 Å². The Morgan fingerprint density at radius 3 is 2.62 bits per heavy atom. The number of benzene rings is 1. The zero-order valence-electron chi connectivity index (χ0n) is 7.34. The Hall–Kier alpha value is -1.64. The van der Waals surface area contributed by atoms with Gasteiger partial charge in [0.05, 0.1) is 6.04 Å². The molecule has 1 atom stereocenters. The Balaban J connectivity index is 2.69. The van der Waals surface area contributed by atoms with Crippen LogP contribution in [0.3, 0.4) is 0 Å². The van der Waals surface area contributed by atoms with Crippen molar-refractivity contribution in [3.63, 3.8) is 0 Å². The number of aliphatic carboxylic acids is 1. The molecule has 0 bridgehead atoms. The first-order chi connectivity index (χ1) is 6.20. The van der Waals surface area contributed by atoms with E-state index >= 15 is 0 Å². The predicted molar refractivity (Wildman–Crippen MR) is 51.0 cm³/mol. The smallest absolute Gasteiger partial charge is 0.346 e. The van der Waals surface area contributed by atoms with Crippen LogP contribution in [0.2, 0.25) is 0 Å². The van der Waals surface area contributed by atoms with Gasteiger partial charge >= 0.3 is 5.97 Å². The van der Waals surface area contributed by atoms with Crippen molar-refractivity contribution in [2.75, 3.05) is 0 Å². The van der Waals surface area contributed by atoms with Crippen LogP contribution in [0.5, 0.6) is 0 Å². The van der Waals surface area contributed by atoms with E-state index in [1.165, 1.54) is 0 Å². The van der Waals surface area contributed by atoms with Crippen molar-refractivity contribution in [1.82, 2.24) is 0 Å². The summed E-state index contributed by atoms with van der Waals surface area (Å²) >= 11 is 0. The van der Waals surface area contributed by atoms with E-state index in [-0.39, 0.29) is 6.04 Å². The van der Waals surface area contributed by atoms with Crippen molar-refractivity contribution in [3.05, 3.63) is 35.9 Å². The van der Waals surface area contributed by atoms with Crippen LogP contribution in [0.15, 0.2) is 35.3 Å². The summed E-state index contributed by atoms with van der Waals surface area (Å²) in [5.74, 6) is -1.01. The van der Waals surface area contributed by atoms with Crippen LogP contribution in [0.4, 0.5) is 0 Å². The summed E-state index contributed by atoms with van der Waals surface area (Å²) in [6.07, 6.45) is 0.928. The first kappa shape index (κ1) is 9.45. The number of carboxylic acids is 1. The molecule has 0 saturated carbocycles. The van der Waals surface area contributed by atoms with Crippen molar-refractivity contribution < 1.29 is 9.90 Å². The second-order valence-corrected chi connectivity index (χ2v) is 2.70. The molecule has 0 aliphatic rings. The van der Waals surface area contributed by atoms with Gasteiger partial charge in [-0.2, -0.15) is 0 Å². The van der Waals surface area contributed by atoms with Crippen molar-refractivity contribution in [2.45, 2.75) is 13.0 Å². The number of hydrogen-bond donors (Lipinski definition) is 1. The molecule has 0 unspecified atom stereocenters. The molecule has 68 valence electrons. The van der Waals surface area contributed by atoms with Gasteiger partial charge in [0.2, 0.25) is 0 Å². The van der Waals surface area contributed by atoms with Gasteiger partial charge in [-0.15, -0.1) is 0 Å². The molecule has 1 rings (SSSR count). The molecule has 0 amide bonds. The van der Waals surface area contributed by atoms with Crippen LogP contribution in [-0.2, 0) is 4.79 Å². The Labute approximate surface area is 76.7 Å². The van der Waals surface area contributed by atoms with E-state index in [0.717, 1.165) is 11.8 Å². The molecule has 0 aliphatic carbocycles. The molecule has 0 aromatic heterocycles. The molecule has 3 nitrogen and oxygen atoms in total. The summed E-state index contributed by atoms with van der Waals surface area (Å²) in [5, 5.41) is 8.36. The van der Waals surface area contributed by atoms with Crippen LogP contribution < -0.4 is 0 Å². The van der Waals surface area contributed by atoms with E-state index in [2.05, 4.69) is 4.99 Å². The lowest BCUT2D eigenvalue weighted by Gasteiger charge is -2.04. The molecule has 1 aromatic rings. The van der Waals surface area contributed by atoms with Gasteiger partial charge in [0.15, 0.2) is 0 Å². The fourth-order valence-electron chi connectivity index (χ4n) is 0.993. The molecule has 13 heavy (non-hydrogen) atoms. The molecule has 0 saturated heterocycles. The number of carbonyl (C=O) groups is 1. The first-order valence-electron chi connectivity index (χ1n) is 4.01. The fraction of sp³-hybridized carbons (Fsp3) is 0.200. The van der Waals surface area contributed by atoms with Gasteiger partial charge in [-0.1, -0.05) is 30.3 Å². The monoisotopic (exact) mass is 177 g/mol. The van der Waals surface area contributed by atoms with Crippen molar-refractivity contribution in [2.24, 2.45) is 4.99 Å². The summed E-state index contributed by atoms with van der Waals surface area (Å²) in [7, 11) is 0. The standard InChI is InChI=1S/C10H11NO2/c1-8(11-7-10(12)13)9-5-3-2-4-6-9/h2-8H,1H3,(H,12,13)/t8-/m0/s1. The summed E-state index contributed by atoms with van der Waals surface area (Å²) in [6, 6.07) is 9.46. The zero-order chi connectivity index (χ0) is 9.68. The Bertz CT molecular complexity index is 306. The summed E-state index contributed by atoms with van der Waals surface area (Å²) in [4.78, 5) is 14.1. The highest BCUT2D eigenvalue weighted by Crippen LogP contribution is 2.14. The molecule has 1 N–H and O–H groups in total. The zero-order valence-corrected chi connectivity index (χ0v) is 7.34. The van der Waals surface area contributed by atoms with Crippen LogP contribution >= 0.6 is 0 Å². The molecule has 0 radical (unpaired) electrons. The summed E-state index contributed by atoms with van der Waals surface area (Å²) < 4.78 is 0. The van der Waals surface area contributed by atoms with Crippen LogP contribution in [0.1, 0.15) is 18.5 Å². The largest absolute Gasteiger partial charge is 0.477 e. The van der Waals surface area contributed by atoms with E-state index in [1.54, 1.807) is 0 Å². The second-order valence-electron chi connectivity index (χ2n) is 2.70. The quantitative estimate of drug-likeness (QED) is 0.717. The lowest BCUT2D eigenvalue weighted by atomic mass is 10.1. The molecular weight excluding hydrogens is 166 g/mol. The number of hydrogen-bond acceptors (Lipinski definition) is 2. The third kappa shape index (κ3) is 3.07. The van der Waals surface area contributed by atoms with Gasteiger partial charge in [-0.05, 0) is 12.5 Å². The predicted octanol–water partition coefficient (Wildman–Crippen LogP) is 1.90. The minimum Gasteiger partial charge on any atom is -0.477 e. The lowest BCUT2D eigenvalue weighted by molar-refractivity contribution is -0.128. The minimum absolute atomic E-state index is 0.0997. The molecule has 1 aromatic carbocycles. The molecule has 0 spiro atoms. The maximum Gasteiger partial charge on any atom is 0.346 e. The number of aliphatic imine (C=N–C) groups is 1. The van der Waals surface area contributed by atoms with Crippen LogP contribution in [0.25, 0.3) is 0 Å². The average Bonchev–Trinajstić information content (AvgIpc) is 2.15. The maximum atomic E-state index is 10.2. The highest BCUT2D eigenvalue weighted by Gasteiger charge is 2.00. The Morgan fingerprint density at radius 1 is 1.46 bits per heavy atom. The molecular formula is C10H11NO2. The lowest BCUT2D eigenvalue weighted by Crippen LogP contribution is -1.98. The minimum atomic E-state index is -1.01. The third-order valence-electron chi connectivity index (χ3n) is 1.69. The van der Waals surface area contributed by atoms with E-state index < -0.39 is 5.97 Å². The van der Waals surface area contributed by atoms with Crippen molar-refractivity contribution >= 4 is 12.2 Å². The van der Waals surface area contributed by atoms with Crippen molar-refractivity contribution in [3.8, 4) is 0 Å². The van der Waals surface area contributed by atoms with Gasteiger partial charge in [-0.25, -0.2) is 4.79 Å². The van der Waals surface area contributed by atoms with Gasteiger partial charge < -0.3 is 5.11 Å². The van der Waals surface area contributed by atoms with Crippen LogP contribution in [-0.4, -0.2) is 17.3 Å². The normalized spacial score (nSPS) is 13.0. The number of rotatable bonds is 3. The van der Waals surface area contributed by atoms with Gasteiger partial charge in [-0.3, -0.25) is 4.99 Å². The van der Waals surface area contributed by atoms with Crippen molar-refractivity contribution in [1.29, 1.82) is 0 Å². The molecule has 3 heteroatoms. The Morgan fingerprint density at radius 2 is 2.08 bits per heavy atom. The average molecular weight is 177 g/mol. The fourth-order valence-corrected chi connectivity index (χ4v) is 0.993. The van der Waals surface area contributed by atoms with Gasteiger partial charge in [0.25, 0.3) is 0 Å². The third-order valence-corrected chi connectivity index (χ3v) is 1.69. The van der Waals surface area contributed by atoms with Gasteiger partial charge in [0.1, 0.15) is 6.21 Å². The molecule has 0 heterocycles. The van der Waals surface area contributed by atoms with E-state index in [9.17, 15) is 4.79 Å². The molecule has 0 aliphatic heterocycles. The number of nitrogens with zero attached hydrogens (tertiary/aromatic N) is 1. The molecule has 0 fully saturated rings. The number of carboxylic acid groups (broad SMARTS) is 1. The van der Waals surface area contributed by atoms with E-state index in [4.69, 9.17) is 5.11 Å². The highest BCUT2D eigenvalue weighted by molar-refractivity contribution is 6.22. The Kier molecular flexibility index (Phi) is 3.20. The summed E-state index contributed by atoms with van der Waals surface area (Å²) in [6.45, 7) is 1.86. The first-order valence-corrected chi connectivity index (χ1v) is 4.01.